The van der Waals surface area contributed by atoms with Crippen molar-refractivity contribution in [3.05, 3.63) is 194 Å². The first-order valence-electron chi connectivity index (χ1n) is 16.4. The van der Waals surface area contributed by atoms with Gasteiger partial charge in [-0.1, -0.05) is 140 Å². The molecule has 2 heteroatoms. The van der Waals surface area contributed by atoms with Gasteiger partial charge in [0.2, 0.25) is 0 Å². The second-order valence-electron chi connectivity index (χ2n) is 12.2. The molecule has 9 rings (SSSR count). The first kappa shape index (κ1) is 27.9. The molecule has 0 aliphatic rings. The van der Waals surface area contributed by atoms with E-state index in [0.29, 0.717) is 0 Å². The topological polar surface area (TPSA) is 8.17 Å². The zero-order valence-electron chi connectivity index (χ0n) is 26.4. The van der Waals surface area contributed by atoms with Crippen LogP contribution in [0.1, 0.15) is 0 Å². The Balaban J connectivity index is 1.24. The lowest BCUT2D eigenvalue weighted by Gasteiger charge is -2.26. The van der Waals surface area contributed by atoms with E-state index in [1.54, 1.807) is 0 Å². The molecule has 0 atom stereocenters. The van der Waals surface area contributed by atoms with E-state index in [1.807, 2.05) is 0 Å². The monoisotopic (exact) mass is 612 g/mol. The third-order valence-electron chi connectivity index (χ3n) is 9.37. The lowest BCUT2D eigenvalue weighted by atomic mass is 10.0. The highest BCUT2D eigenvalue weighted by molar-refractivity contribution is 6.19. The predicted octanol–water partition coefficient (Wildman–Crippen LogP) is 12.7. The minimum Gasteiger partial charge on any atom is -0.310 e. The summed E-state index contributed by atoms with van der Waals surface area (Å²) in [6.07, 6.45) is 0. The number of rotatable bonds is 6. The Morgan fingerprint density at radius 1 is 0.333 bits per heavy atom. The standard InChI is InChI=1S/C46H32N2/c1-4-12-33(13-5-1)35-20-25-39(26-21-35)47(38-17-8-3-9-18-38)41-29-31-45-44(32-41)43-30-24-37-16-10-11-19-42(37)46(43)48(45)40-27-22-36(23-28-40)34-14-6-2-7-15-34/h1-32H. The molecular weight excluding hydrogens is 581 g/mol. The highest BCUT2D eigenvalue weighted by Gasteiger charge is 2.19. The van der Waals surface area contributed by atoms with Gasteiger partial charge in [0.1, 0.15) is 0 Å². The molecule has 226 valence electrons. The molecule has 0 radical (unpaired) electrons. The first-order valence-corrected chi connectivity index (χ1v) is 16.4. The quantitative estimate of drug-likeness (QED) is 0.181. The van der Waals surface area contributed by atoms with E-state index in [0.717, 1.165) is 22.7 Å². The normalized spacial score (nSPS) is 11.3. The van der Waals surface area contributed by atoms with Gasteiger partial charge in [-0.05, 0) is 82.2 Å². The predicted molar refractivity (Wildman–Crippen MR) is 204 cm³/mol. The van der Waals surface area contributed by atoms with Crippen molar-refractivity contribution in [1.82, 2.24) is 4.57 Å². The van der Waals surface area contributed by atoms with Crippen molar-refractivity contribution in [2.75, 3.05) is 4.90 Å². The van der Waals surface area contributed by atoms with E-state index in [4.69, 9.17) is 0 Å². The fraction of sp³-hybridized carbons (Fsp3) is 0. The van der Waals surface area contributed by atoms with Crippen molar-refractivity contribution in [2.45, 2.75) is 0 Å². The van der Waals surface area contributed by atoms with Crippen molar-refractivity contribution in [1.29, 1.82) is 0 Å². The average Bonchev–Trinajstić information content (AvgIpc) is 3.51. The van der Waals surface area contributed by atoms with Crippen molar-refractivity contribution in [2.24, 2.45) is 0 Å². The van der Waals surface area contributed by atoms with Gasteiger partial charge in [0, 0.05) is 38.9 Å². The van der Waals surface area contributed by atoms with Crippen LogP contribution in [0.2, 0.25) is 0 Å². The molecule has 0 fully saturated rings. The Hall–Kier alpha value is -6.38. The highest BCUT2D eigenvalue weighted by Crippen LogP contribution is 2.42. The number of fused-ring (bicyclic) bond motifs is 5. The Labute approximate surface area is 280 Å². The van der Waals surface area contributed by atoms with Gasteiger partial charge >= 0.3 is 0 Å². The number of hydrogen-bond acceptors (Lipinski definition) is 1. The van der Waals surface area contributed by atoms with Crippen molar-refractivity contribution < 1.29 is 0 Å². The molecule has 0 unspecified atom stereocenters. The average molecular weight is 613 g/mol. The van der Waals surface area contributed by atoms with Gasteiger partial charge in [0.05, 0.1) is 11.0 Å². The van der Waals surface area contributed by atoms with Gasteiger partial charge in [-0.3, -0.25) is 0 Å². The molecule has 0 aliphatic carbocycles. The van der Waals surface area contributed by atoms with Crippen LogP contribution in [0, 0.1) is 0 Å². The Morgan fingerprint density at radius 3 is 1.52 bits per heavy atom. The molecule has 0 spiro atoms. The summed E-state index contributed by atoms with van der Waals surface area (Å²) in [7, 11) is 0. The molecule has 8 aromatic carbocycles. The smallest absolute Gasteiger partial charge is 0.0619 e. The Kier molecular flexibility index (Phi) is 6.84. The molecule has 0 N–H and O–H groups in total. The number of benzene rings is 8. The molecule has 0 aliphatic heterocycles. The minimum atomic E-state index is 1.12. The number of hydrogen-bond donors (Lipinski definition) is 0. The fourth-order valence-electron chi connectivity index (χ4n) is 7.07. The third-order valence-corrected chi connectivity index (χ3v) is 9.37. The SMILES string of the molecule is c1ccc(-c2ccc(N(c3ccccc3)c3ccc4c(c3)c3ccc5ccccc5c3n4-c3ccc(-c4ccccc4)cc3)cc2)cc1. The van der Waals surface area contributed by atoms with Crippen molar-refractivity contribution in [3.8, 4) is 27.9 Å². The number of para-hydroxylation sites is 1. The van der Waals surface area contributed by atoms with Gasteiger partial charge in [-0.25, -0.2) is 0 Å². The van der Waals surface area contributed by atoms with Crippen LogP contribution >= 0.6 is 0 Å². The Bertz CT molecular complexity index is 2510. The van der Waals surface area contributed by atoms with Crippen LogP contribution < -0.4 is 4.90 Å². The van der Waals surface area contributed by atoms with E-state index in [2.05, 4.69) is 204 Å². The molecule has 1 aromatic heterocycles. The van der Waals surface area contributed by atoms with E-state index < -0.39 is 0 Å². The number of aromatic nitrogens is 1. The van der Waals surface area contributed by atoms with E-state index in [9.17, 15) is 0 Å². The molecule has 0 amide bonds. The van der Waals surface area contributed by atoms with Crippen LogP contribution in [-0.2, 0) is 0 Å². The summed E-state index contributed by atoms with van der Waals surface area (Å²) >= 11 is 0. The first-order chi connectivity index (χ1) is 23.8. The van der Waals surface area contributed by atoms with Crippen LogP contribution in [0.4, 0.5) is 17.1 Å². The Morgan fingerprint density at radius 2 is 0.854 bits per heavy atom. The van der Waals surface area contributed by atoms with E-state index in [1.165, 1.54) is 54.8 Å². The van der Waals surface area contributed by atoms with Crippen LogP contribution in [0.25, 0.3) is 60.5 Å². The third kappa shape index (κ3) is 4.83. The zero-order chi connectivity index (χ0) is 31.9. The molecule has 0 saturated heterocycles. The molecule has 9 aromatic rings. The lowest BCUT2D eigenvalue weighted by Crippen LogP contribution is -2.09. The summed E-state index contributed by atoms with van der Waals surface area (Å²) in [5.41, 5.74) is 11.8. The highest BCUT2D eigenvalue weighted by atomic mass is 15.1. The number of nitrogens with zero attached hydrogens (tertiary/aromatic N) is 2. The molecule has 48 heavy (non-hydrogen) atoms. The summed E-state index contributed by atoms with van der Waals surface area (Å²) in [6.45, 7) is 0. The van der Waals surface area contributed by atoms with Gasteiger partial charge in [0.25, 0.3) is 0 Å². The zero-order valence-corrected chi connectivity index (χ0v) is 26.4. The second kappa shape index (κ2) is 11.8. The maximum Gasteiger partial charge on any atom is 0.0619 e. The van der Waals surface area contributed by atoms with Gasteiger partial charge in [0.15, 0.2) is 0 Å². The summed E-state index contributed by atoms with van der Waals surface area (Å²) in [5.74, 6) is 0. The summed E-state index contributed by atoms with van der Waals surface area (Å²) in [6, 6.07) is 69.8. The van der Waals surface area contributed by atoms with E-state index in [-0.39, 0.29) is 0 Å². The fourth-order valence-corrected chi connectivity index (χ4v) is 7.07. The summed E-state index contributed by atoms with van der Waals surface area (Å²) in [4.78, 5) is 2.35. The molecule has 0 bridgehead atoms. The van der Waals surface area contributed by atoms with Gasteiger partial charge < -0.3 is 9.47 Å². The second-order valence-corrected chi connectivity index (χ2v) is 12.2. The molecular formula is C46H32N2. The maximum absolute atomic E-state index is 2.44. The van der Waals surface area contributed by atoms with Crippen LogP contribution in [0.3, 0.4) is 0 Å². The largest absolute Gasteiger partial charge is 0.310 e. The van der Waals surface area contributed by atoms with Gasteiger partial charge in [-0.2, -0.15) is 0 Å². The van der Waals surface area contributed by atoms with Crippen LogP contribution in [0.5, 0.6) is 0 Å². The lowest BCUT2D eigenvalue weighted by molar-refractivity contribution is 1.18. The maximum atomic E-state index is 2.44. The van der Waals surface area contributed by atoms with E-state index >= 15 is 0 Å². The molecule has 2 nitrogen and oxygen atoms in total. The molecule has 1 heterocycles. The molecule has 0 saturated carbocycles. The van der Waals surface area contributed by atoms with Crippen molar-refractivity contribution >= 4 is 49.6 Å². The van der Waals surface area contributed by atoms with Crippen LogP contribution in [-0.4, -0.2) is 4.57 Å². The summed E-state index contributed by atoms with van der Waals surface area (Å²) < 4.78 is 2.44. The minimum absolute atomic E-state index is 1.12. The van der Waals surface area contributed by atoms with Crippen molar-refractivity contribution in [3.63, 3.8) is 0 Å². The summed E-state index contributed by atoms with van der Waals surface area (Å²) in [5, 5.41) is 4.95. The van der Waals surface area contributed by atoms with Crippen LogP contribution in [0.15, 0.2) is 194 Å². The number of anilines is 3. The van der Waals surface area contributed by atoms with Gasteiger partial charge in [-0.15, -0.1) is 0 Å².